The van der Waals surface area contributed by atoms with Gasteiger partial charge in [0.25, 0.3) is 0 Å². The Labute approximate surface area is 88.0 Å². The lowest BCUT2D eigenvalue weighted by molar-refractivity contribution is 0.243. The third kappa shape index (κ3) is 4.26. The summed E-state index contributed by atoms with van der Waals surface area (Å²) in [5, 5.41) is 5.09. The number of nitrogens with one attached hydrogen (secondary N) is 2. The lowest BCUT2D eigenvalue weighted by Gasteiger charge is -2.04. The fraction of sp³-hybridized carbons (Fsp3) is 0.182. The van der Waals surface area contributed by atoms with E-state index in [-0.39, 0.29) is 11.8 Å². The van der Waals surface area contributed by atoms with E-state index in [0.29, 0.717) is 6.54 Å². The van der Waals surface area contributed by atoms with Crippen molar-refractivity contribution < 1.29 is 9.18 Å². The molecule has 1 aromatic carbocycles. The van der Waals surface area contributed by atoms with Gasteiger partial charge in [0.05, 0.1) is 0 Å². The van der Waals surface area contributed by atoms with Crippen molar-refractivity contribution in [2.75, 3.05) is 0 Å². The predicted molar refractivity (Wildman–Crippen MR) is 56.6 cm³/mol. The van der Waals surface area contributed by atoms with Crippen LogP contribution in [0.4, 0.5) is 9.18 Å². The zero-order chi connectivity index (χ0) is 11.1. The van der Waals surface area contributed by atoms with E-state index in [9.17, 15) is 9.18 Å². The molecule has 0 bridgehead atoms. The summed E-state index contributed by atoms with van der Waals surface area (Å²) in [6.07, 6.45) is 3.24. The van der Waals surface area contributed by atoms with E-state index >= 15 is 0 Å². The summed E-state index contributed by atoms with van der Waals surface area (Å²) >= 11 is 0. The smallest absolute Gasteiger partial charge is 0.319 e. The summed E-state index contributed by atoms with van der Waals surface area (Å²) in [5.74, 6) is -0.303. The molecule has 1 aromatic rings. The molecule has 2 N–H and O–H groups in total. The van der Waals surface area contributed by atoms with Crippen molar-refractivity contribution in [3.05, 3.63) is 47.9 Å². The van der Waals surface area contributed by atoms with Gasteiger partial charge in [-0.2, -0.15) is 0 Å². The minimum absolute atomic E-state index is 0.303. The molecule has 0 saturated heterocycles. The Morgan fingerprint density at radius 2 is 2.33 bits per heavy atom. The van der Waals surface area contributed by atoms with E-state index in [1.54, 1.807) is 25.1 Å². The highest BCUT2D eigenvalue weighted by molar-refractivity contribution is 5.74. The second-order valence-electron chi connectivity index (χ2n) is 2.96. The molecule has 80 valence electrons. The van der Waals surface area contributed by atoms with Crippen LogP contribution < -0.4 is 10.6 Å². The number of hydrogen-bond acceptors (Lipinski definition) is 1. The van der Waals surface area contributed by atoms with Crippen LogP contribution in [0.2, 0.25) is 0 Å². The maximum atomic E-state index is 12.8. The van der Waals surface area contributed by atoms with Crippen LogP contribution in [0.25, 0.3) is 0 Å². The Kier molecular flexibility index (Phi) is 4.34. The Morgan fingerprint density at radius 3 is 3.00 bits per heavy atom. The van der Waals surface area contributed by atoms with Gasteiger partial charge in [0.1, 0.15) is 5.82 Å². The number of halogens is 1. The number of urea groups is 1. The Bertz CT molecular complexity index is 363. The van der Waals surface area contributed by atoms with Gasteiger partial charge in [-0.3, -0.25) is 0 Å². The first kappa shape index (κ1) is 11.2. The molecule has 0 aromatic heterocycles. The summed E-state index contributed by atoms with van der Waals surface area (Å²) in [5.41, 5.74) is 0.727. The van der Waals surface area contributed by atoms with Crippen LogP contribution in [-0.4, -0.2) is 6.03 Å². The molecule has 0 radical (unpaired) electrons. The van der Waals surface area contributed by atoms with Gasteiger partial charge in [0.2, 0.25) is 0 Å². The van der Waals surface area contributed by atoms with Gasteiger partial charge in [-0.15, -0.1) is 0 Å². The average Bonchev–Trinajstić information content (AvgIpc) is 2.23. The molecular weight excluding hydrogens is 195 g/mol. The van der Waals surface area contributed by atoms with Crippen molar-refractivity contribution in [1.29, 1.82) is 0 Å². The molecule has 0 aliphatic carbocycles. The first-order valence-corrected chi connectivity index (χ1v) is 4.62. The molecule has 0 fully saturated rings. The van der Waals surface area contributed by atoms with Crippen LogP contribution >= 0.6 is 0 Å². The van der Waals surface area contributed by atoms with Gasteiger partial charge in [-0.1, -0.05) is 18.2 Å². The Hall–Kier alpha value is -1.84. The molecule has 0 unspecified atom stereocenters. The van der Waals surface area contributed by atoms with E-state index in [0.717, 1.165) is 5.56 Å². The monoisotopic (exact) mass is 208 g/mol. The molecule has 0 aliphatic rings. The highest BCUT2D eigenvalue weighted by atomic mass is 19.1. The second kappa shape index (κ2) is 5.80. The van der Waals surface area contributed by atoms with Crippen molar-refractivity contribution in [1.82, 2.24) is 10.6 Å². The summed E-state index contributed by atoms with van der Waals surface area (Å²) in [6.45, 7) is 2.11. The molecular formula is C11H13FN2O. The number of rotatable bonds is 3. The lowest BCUT2D eigenvalue weighted by Crippen LogP contribution is -2.31. The summed E-state index contributed by atoms with van der Waals surface area (Å²) in [4.78, 5) is 11.1. The average molecular weight is 208 g/mol. The topological polar surface area (TPSA) is 41.1 Å². The number of hydrogen-bond donors (Lipinski definition) is 2. The van der Waals surface area contributed by atoms with Gasteiger partial charge < -0.3 is 10.6 Å². The van der Waals surface area contributed by atoms with E-state index in [4.69, 9.17) is 0 Å². The van der Waals surface area contributed by atoms with Gasteiger partial charge in [-0.25, -0.2) is 9.18 Å². The molecule has 1 rings (SSSR count). The molecule has 2 amide bonds. The number of carbonyl (C=O) groups excluding carboxylic acids is 1. The van der Waals surface area contributed by atoms with E-state index in [1.165, 1.54) is 18.3 Å². The number of carbonyl (C=O) groups is 1. The fourth-order valence-corrected chi connectivity index (χ4v) is 1.04. The minimum Gasteiger partial charge on any atom is -0.334 e. The number of benzene rings is 1. The number of amides is 2. The second-order valence-corrected chi connectivity index (χ2v) is 2.96. The minimum atomic E-state index is -0.308. The molecule has 0 heterocycles. The van der Waals surface area contributed by atoms with Crippen molar-refractivity contribution in [2.45, 2.75) is 13.5 Å². The van der Waals surface area contributed by atoms with Gasteiger partial charge in [0.15, 0.2) is 0 Å². The summed E-state index contributed by atoms with van der Waals surface area (Å²) < 4.78 is 12.8. The van der Waals surface area contributed by atoms with Crippen LogP contribution in [0.3, 0.4) is 0 Å². The number of allylic oxidation sites excluding steroid dienone is 1. The normalized spacial score (nSPS) is 10.3. The fourth-order valence-electron chi connectivity index (χ4n) is 1.04. The van der Waals surface area contributed by atoms with Gasteiger partial charge in [0, 0.05) is 12.7 Å². The third-order valence-corrected chi connectivity index (χ3v) is 1.72. The van der Waals surface area contributed by atoms with E-state index < -0.39 is 0 Å². The molecule has 3 nitrogen and oxygen atoms in total. The molecule has 0 atom stereocenters. The van der Waals surface area contributed by atoms with Crippen LogP contribution in [-0.2, 0) is 6.54 Å². The summed E-state index contributed by atoms with van der Waals surface area (Å²) in [7, 11) is 0. The highest BCUT2D eigenvalue weighted by Gasteiger charge is 1.98. The molecule has 15 heavy (non-hydrogen) atoms. The molecule has 0 saturated carbocycles. The Balaban J connectivity index is 2.40. The van der Waals surface area contributed by atoms with E-state index in [2.05, 4.69) is 10.6 Å². The van der Waals surface area contributed by atoms with E-state index in [1.807, 2.05) is 0 Å². The van der Waals surface area contributed by atoms with Crippen LogP contribution in [0.15, 0.2) is 36.5 Å². The first-order chi connectivity index (χ1) is 7.22. The first-order valence-electron chi connectivity index (χ1n) is 4.62. The predicted octanol–water partition coefficient (Wildman–Crippen LogP) is 2.16. The van der Waals surface area contributed by atoms with Crippen LogP contribution in [0.5, 0.6) is 0 Å². The molecule has 0 spiro atoms. The van der Waals surface area contributed by atoms with Crippen molar-refractivity contribution >= 4 is 6.03 Å². The third-order valence-electron chi connectivity index (χ3n) is 1.72. The zero-order valence-corrected chi connectivity index (χ0v) is 8.46. The van der Waals surface area contributed by atoms with Gasteiger partial charge in [-0.05, 0) is 24.6 Å². The standard InChI is InChI=1S/C11H13FN2O/c1-2-6-13-11(15)14-8-9-4-3-5-10(12)7-9/h2-7H,8H2,1H3,(H2,13,14,15)/b6-2+. The zero-order valence-electron chi connectivity index (χ0n) is 8.46. The van der Waals surface area contributed by atoms with Gasteiger partial charge >= 0.3 is 6.03 Å². The van der Waals surface area contributed by atoms with Crippen molar-refractivity contribution in [2.24, 2.45) is 0 Å². The van der Waals surface area contributed by atoms with Crippen LogP contribution in [0, 0.1) is 5.82 Å². The maximum Gasteiger partial charge on any atom is 0.319 e. The molecule has 0 aliphatic heterocycles. The molecule has 4 heteroatoms. The van der Waals surface area contributed by atoms with Crippen LogP contribution in [0.1, 0.15) is 12.5 Å². The van der Waals surface area contributed by atoms with Crippen molar-refractivity contribution in [3.8, 4) is 0 Å². The summed E-state index contributed by atoms with van der Waals surface area (Å²) in [6, 6.07) is 5.80. The Morgan fingerprint density at radius 1 is 1.53 bits per heavy atom. The maximum absolute atomic E-state index is 12.8. The lowest BCUT2D eigenvalue weighted by atomic mass is 10.2. The largest absolute Gasteiger partial charge is 0.334 e. The van der Waals surface area contributed by atoms with Crippen molar-refractivity contribution in [3.63, 3.8) is 0 Å². The highest BCUT2D eigenvalue weighted by Crippen LogP contribution is 2.02. The quantitative estimate of drug-likeness (QED) is 0.785. The SMILES string of the molecule is C/C=C/NC(=O)NCc1cccc(F)c1.